The van der Waals surface area contributed by atoms with Crippen molar-refractivity contribution in [2.24, 2.45) is 5.73 Å². The van der Waals surface area contributed by atoms with Gasteiger partial charge in [-0.05, 0) is 18.6 Å². The van der Waals surface area contributed by atoms with E-state index >= 15 is 0 Å². The number of ether oxygens (including phenoxy) is 1. The van der Waals surface area contributed by atoms with Crippen LogP contribution >= 0.6 is 0 Å². The molecule has 1 aromatic heterocycles. The molecule has 1 atom stereocenters. The van der Waals surface area contributed by atoms with Gasteiger partial charge in [0.1, 0.15) is 11.6 Å². The Balaban J connectivity index is 1.91. The first kappa shape index (κ1) is 14.1. The van der Waals surface area contributed by atoms with Crippen LogP contribution in [0.4, 0.5) is 5.82 Å². The van der Waals surface area contributed by atoms with Crippen molar-refractivity contribution in [2.45, 2.75) is 19.4 Å². The van der Waals surface area contributed by atoms with Crippen LogP contribution in [0.3, 0.4) is 0 Å². The molecular formula is C14H24N4O. The zero-order valence-electron chi connectivity index (χ0n) is 11.9. The van der Waals surface area contributed by atoms with Gasteiger partial charge < -0.3 is 15.4 Å². The topological polar surface area (TPSA) is 54.6 Å². The molecule has 5 heteroatoms. The van der Waals surface area contributed by atoms with Gasteiger partial charge in [-0.2, -0.15) is 0 Å². The quantitative estimate of drug-likeness (QED) is 0.858. The SMILES string of the molecule is CCC(CN)N1CCN(c2ccc(OC)cn2)CC1. The fourth-order valence-corrected chi connectivity index (χ4v) is 2.57. The minimum absolute atomic E-state index is 0.519. The molecule has 1 aliphatic rings. The number of pyridine rings is 1. The number of hydrogen-bond acceptors (Lipinski definition) is 5. The summed E-state index contributed by atoms with van der Waals surface area (Å²) in [6.07, 6.45) is 2.90. The van der Waals surface area contributed by atoms with E-state index in [2.05, 4.69) is 21.7 Å². The number of hydrogen-bond donors (Lipinski definition) is 1. The standard InChI is InChI=1S/C14H24N4O/c1-3-12(10-15)17-6-8-18(9-7-17)14-5-4-13(19-2)11-16-14/h4-5,11-12H,3,6-10,15H2,1-2H3. The fourth-order valence-electron chi connectivity index (χ4n) is 2.57. The van der Waals surface area contributed by atoms with Crippen molar-refractivity contribution in [1.82, 2.24) is 9.88 Å². The normalized spacial score (nSPS) is 18.4. The molecule has 1 aliphatic heterocycles. The highest BCUT2D eigenvalue weighted by atomic mass is 16.5. The lowest BCUT2D eigenvalue weighted by molar-refractivity contribution is 0.184. The number of anilines is 1. The van der Waals surface area contributed by atoms with Gasteiger partial charge in [-0.25, -0.2) is 4.98 Å². The number of nitrogens with two attached hydrogens (primary N) is 1. The summed E-state index contributed by atoms with van der Waals surface area (Å²) in [6, 6.07) is 4.50. The highest BCUT2D eigenvalue weighted by Gasteiger charge is 2.22. The van der Waals surface area contributed by atoms with Crippen LogP contribution in [0, 0.1) is 0 Å². The van der Waals surface area contributed by atoms with Gasteiger partial charge in [-0.1, -0.05) is 6.92 Å². The Bertz CT molecular complexity index is 370. The lowest BCUT2D eigenvalue weighted by Gasteiger charge is -2.39. The Hall–Kier alpha value is -1.33. The number of aromatic nitrogens is 1. The number of piperazine rings is 1. The Morgan fingerprint density at radius 2 is 2.05 bits per heavy atom. The van der Waals surface area contributed by atoms with E-state index in [1.807, 2.05) is 12.1 Å². The molecule has 1 saturated heterocycles. The first-order valence-electron chi connectivity index (χ1n) is 6.97. The molecule has 0 saturated carbocycles. The molecule has 106 valence electrons. The van der Waals surface area contributed by atoms with Gasteiger partial charge in [-0.3, -0.25) is 4.90 Å². The van der Waals surface area contributed by atoms with Crippen LogP contribution < -0.4 is 15.4 Å². The second kappa shape index (κ2) is 6.73. The van der Waals surface area contributed by atoms with Gasteiger partial charge >= 0.3 is 0 Å². The van der Waals surface area contributed by atoms with Crippen molar-refractivity contribution in [2.75, 3.05) is 44.7 Å². The van der Waals surface area contributed by atoms with Crippen molar-refractivity contribution in [3.05, 3.63) is 18.3 Å². The molecule has 0 amide bonds. The third-order valence-electron chi connectivity index (χ3n) is 3.85. The van der Waals surface area contributed by atoms with Crippen LogP contribution in [0.1, 0.15) is 13.3 Å². The van der Waals surface area contributed by atoms with Crippen LogP contribution in [0.2, 0.25) is 0 Å². The first-order valence-corrected chi connectivity index (χ1v) is 6.97. The highest BCUT2D eigenvalue weighted by Crippen LogP contribution is 2.18. The summed E-state index contributed by atoms with van der Waals surface area (Å²) in [5.74, 6) is 1.83. The monoisotopic (exact) mass is 264 g/mol. The summed E-state index contributed by atoms with van der Waals surface area (Å²) in [7, 11) is 1.66. The van der Waals surface area contributed by atoms with Gasteiger partial charge in [0, 0.05) is 38.8 Å². The van der Waals surface area contributed by atoms with E-state index in [1.54, 1.807) is 13.3 Å². The maximum Gasteiger partial charge on any atom is 0.137 e. The minimum atomic E-state index is 0.519. The summed E-state index contributed by atoms with van der Waals surface area (Å²) >= 11 is 0. The summed E-state index contributed by atoms with van der Waals surface area (Å²) in [5.41, 5.74) is 5.81. The molecule has 2 N–H and O–H groups in total. The molecule has 0 aromatic carbocycles. The van der Waals surface area contributed by atoms with Gasteiger partial charge in [-0.15, -0.1) is 0 Å². The molecule has 2 rings (SSSR count). The lowest BCUT2D eigenvalue weighted by atomic mass is 10.1. The van der Waals surface area contributed by atoms with Crippen molar-refractivity contribution in [3.63, 3.8) is 0 Å². The number of nitrogens with zero attached hydrogens (tertiary/aromatic N) is 3. The average Bonchev–Trinajstić information content (AvgIpc) is 2.49. The molecule has 1 fully saturated rings. The van der Waals surface area contributed by atoms with Crippen molar-refractivity contribution >= 4 is 5.82 Å². The minimum Gasteiger partial charge on any atom is -0.495 e. The average molecular weight is 264 g/mol. The van der Waals surface area contributed by atoms with Crippen LogP contribution in [0.5, 0.6) is 5.75 Å². The maximum atomic E-state index is 5.81. The summed E-state index contributed by atoms with van der Waals surface area (Å²) in [5, 5.41) is 0. The van der Waals surface area contributed by atoms with E-state index in [9.17, 15) is 0 Å². The summed E-state index contributed by atoms with van der Waals surface area (Å²) in [6.45, 7) is 7.09. The maximum absolute atomic E-state index is 5.81. The molecule has 2 heterocycles. The molecular weight excluding hydrogens is 240 g/mol. The second-order valence-electron chi connectivity index (χ2n) is 4.88. The fraction of sp³-hybridized carbons (Fsp3) is 0.643. The largest absolute Gasteiger partial charge is 0.495 e. The zero-order chi connectivity index (χ0) is 13.7. The van der Waals surface area contributed by atoms with E-state index in [-0.39, 0.29) is 0 Å². The van der Waals surface area contributed by atoms with Crippen LogP contribution in [0.15, 0.2) is 18.3 Å². The van der Waals surface area contributed by atoms with E-state index in [0.29, 0.717) is 6.04 Å². The Morgan fingerprint density at radius 1 is 1.32 bits per heavy atom. The predicted molar refractivity (Wildman–Crippen MR) is 77.7 cm³/mol. The third kappa shape index (κ3) is 3.36. The molecule has 0 radical (unpaired) electrons. The van der Waals surface area contributed by atoms with Gasteiger partial charge in [0.25, 0.3) is 0 Å². The Labute approximate surface area is 115 Å². The Morgan fingerprint density at radius 3 is 2.53 bits per heavy atom. The summed E-state index contributed by atoms with van der Waals surface area (Å²) in [4.78, 5) is 9.25. The van der Waals surface area contributed by atoms with E-state index < -0.39 is 0 Å². The van der Waals surface area contributed by atoms with Crippen LogP contribution in [-0.2, 0) is 0 Å². The summed E-state index contributed by atoms with van der Waals surface area (Å²) < 4.78 is 5.13. The number of methoxy groups -OCH3 is 1. The van der Waals surface area contributed by atoms with Crippen LogP contribution in [-0.4, -0.2) is 55.8 Å². The smallest absolute Gasteiger partial charge is 0.137 e. The van der Waals surface area contributed by atoms with E-state index in [4.69, 9.17) is 10.5 Å². The van der Waals surface area contributed by atoms with E-state index in [0.717, 1.165) is 50.7 Å². The van der Waals surface area contributed by atoms with Crippen molar-refractivity contribution < 1.29 is 4.74 Å². The molecule has 1 unspecified atom stereocenters. The van der Waals surface area contributed by atoms with Crippen molar-refractivity contribution in [3.8, 4) is 5.75 Å². The first-order chi connectivity index (χ1) is 9.28. The highest BCUT2D eigenvalue weighted by molar-refractivity contribution is 5.41. The number of rotatable bonds is 5. The van der Waals surface area contributed by atoms with Gasteiger partial charge in [0.2, 0.25) is 0 Å². The van der Waals surface area contributed by atoms with Crippen molar-refractivity contribution in [1.29, 1.82) is 0 Å². The predicted octanol–water partition coefficient (Wildman–Crippen LogP) is 0.949. The second-order valence-corrected chi connectivity index (χ2v) is 4.88. The molecule has 0 aliphatic carbocycles. The lowest BCUT2D eigenvalue weighted by Crippen LogP contribution is -2.52. The third-order valence-corrected chi connectivity index (χ3v) is 3.85. The van der Waals surface area contributed by atoms with Gasteiger partial charge in [0.15, 0.2) is 0 Å². The molecule has 0 bridgehead atoms. The molecule has 0 spiro atoms. The molecule has 1 aromatic rings. The van der Waals surface area contributed by atoms with Crippen LogP contribution in [0.25, 0.3) is 0 Å². The van der Waals surface area contributed by atoms with Gasteiger partial charge in [0.05, 0.1) is 13.3 Å². The molecule has 19 heavy (non-hydrogen) atoms. The molecule has 5 nitrogen and oxygen atoms in total. The van der Waals surface area contributed by atoms with E-state index in [1.165, 1.54) is 0 Å². The zero-order valence-corrected chi connectivity index (χ0v) is 11.9. The Kier molecular flexibility index (Phi) is 4.99.